The lowest BCUT2D eigenvalue weighted by molar-refractivity contribution is 0.0360. The number of rotatable bonds is 1. The molecule has 0 radical (unpaired) electrons. The van der Waals surface area contributed by atoms with E-state index >= 15 is 0 Å². The van der Waals surface area contributed by atoms with Gasteiger partial charge in [-0.25, -0.2) is 0 Å². The topological polar surface area (TPSA) is 30.5 Å². The fourth-order valence-corrected chi connectivity index (χ4v) is 0.761. The summed E-state index contributed by atoms with van der Waals surface area (Å²) in [6, 6.07) is 0. The monoisotopic (exact) mass is 117 g/mol. The van der Waals surface area contributed by atoms with Crippen LogP contribution >= 0.6 is 0 Å². The van der Waals surface area contributed by atoms with Crippen molar-refractivity contribution in [2.24, 2.45) is 0 Å². The van der Waals surface area contributed by atoms with Gasteiger partial charge in [0, 0.05) is 0 Å². The molecule has 1 fully saturated rings. The number of hydrogen-bond donors (Lipinski definition) is 1. The average molecular weight is 117 g/mol. The van der Waals surface area contributed by atoms with Gasteiger partial charge in [-0.1, -0.05) is 0 Å². The second-order valence-electron chi connectivity index (χ2n) is 1.87. The second-order valence-corrected chi connectivity index (χ2v) is 1.87. The maximum atomic E-state index is 5.08. The van der Waals surface area contributed by atoms with Crippen LogP contribution in [0, 0.1) is 0 Å². The van der Waals surface area contributed by atoms with Gasteiger partial charge in [-0.2, -0.15) is 0 Å². The first-order chi connectivity index (χ1) is 3.84. The second kappa shape index (κ2) is 2.44. The minimum absolute atomic E-state index is 0.0926. The number of ether oxygens (including phenoxy) is 2. The first kappa shape index (κ1) is 6.01. The van der Waals surface area contributed by atoms with E-state index in [1.54, 1.807) is 0 Å². The molecule has 2 atom stereocenters. The lowest BCUT2D eigenvalue weighted by Crippen LogP contribution is -2.32. The van der Waals surface area contributed by atoms with Crippen LogP contribution in [0.5, 0.6) is 0 Å². The molecule has 1 N–H and O–H groups in total. The van der Waals surface area contributed by atoms with Crippen molar-refractivity contribution in [2.45, 2.75) is 19.3 Å². The predicted octanol–water partition coefficient (Wildman–Crippen LogP) is -0.0753. The molecule has 3 heteroatoms. The Balaban J connectivity index is 2.30. The van der Waals surface area contributed by atoms with Crippen LogP contribution in [0.3, 0.4) is 0 Å². The minimum Gasteiger partial charge on any atom is -0.348 e. The van der Waals surface area contributed by atoms with Crippen molar-refractivity contribution in [3.63, 3.8) is 0 Å². The third-order valence-corrected chi connectivity index (χ3v) is 1.29. The molecule has 0 amide bonds. The highest BCUT2D eigenvalue weighted by Gasteiger charge is 2.22. The molecule has 1 heterocycles. The van der Waals surface area contributed by atoms with Crippen molar-refractivity contribution in [2.75, 3.05) is 13.8 Å². The van der Waals surface area contributed by atoms with Crippen molar-refractivity contribution >= 4 is 0 Å². The van der Waals surface area contributed by atoms with E-state index in [0.717, 1.165) is 0 Å². The minimum atomic E-state index is 0.0926. The van der Waals surface area contributed by atoms with Gasteiger partial charge in [0.25, 0.3) is 0 Å². The van der Waals surface area contributed by atoms with Gasteiger partial charge in [0.1, 0.15) is 13.0 Å². The molecule has 1 saturated heterocycles. The molecular weight excluding hydrogens is 106 g/mol. The zero-order chi connectivity index (χ0) is 5.98. The van der Waals surface area contributed by atoms with Crippen LogP contribution < -0.4 is 5.32 Å². The summed E-state index contributed by atoms with van der Waals surface area (Å²) in [6.07, 6.45) is 0.287. The normalized spacial score (nSPS) is 38.2. The van der Waals surface area contributed by atoms with E-state index < -0.39 is 0 Å². The van der Waals surface area contributed by atoms with E-state index in [2.05, 4.69) is 5.32 Å². The van der Waals surface area contributed by atoms with Crippen molar-refractivity contribution in [3.05, 3.63) is 0 Å². The summed E-state index contributed by atoms with van der Waals surface area (Å²) < 4.78 is 10.2. The largest absolute Gasteiger partial charge is 0.348 e. The number of hydrogen-bond acceptors (Lipinski definition) is 3. The quantitative estimate of drug-likeness (QED) is 0.521. The summed E-state index contributed by atoms with van der Waals surface area (Å²) in [6.45, 7) is 2.40. The predicted molar refractivity (Wildman–Crippen MR) is 29.3 cm³/mol. The molecule has 0 aromatic heterocycles. The number of likely N-dealkylation sites (N-methyl/N-ethyl adjacent to an activating group) is 1. The van der Waals surface area contributed by atoms with Crippen LogP contribution in [-0.2, 0) is 9.47 Å². The Morgan fingerprint density at radius 1 is 1.50 bits per heavy atom. The molecular formula is C5H11NO2. The fraction of sp³-hybridized carbons (Fsp3) is 1.00. The van der Waals surface area contributed by atoms with Gasteiger partial charge >= 0.3 is 0 Å². The summed E-state index contributed by atoms with van der Waals surface area (Å²) in [4.78, 5) is 0. The molecule has 1 rings (SSSR count). The maximum absolute atomic E-state index is 5.08. The molecule has 48 valence electrons. The Morgan fingerprint density at radius 2 is 2.25 bits per heavy atom. The van der Waals surface area contributed by atoms with Crippen LogP contribution in [0.25, 0.3) is 0 Å². The summed E-state index contributed by atoms with van der Waals surface area (Å²) in [5.74, 6) is 0. The fourth-order valence-electron chi connectivity index (χ4n) is 0.761. The molecule has 0 aromatic carbocycles. The van der Waals surface area contributed by atoms with E-state index in [4.69, 9.17) is 9.47 Å². The Labute approximate surface area is 49.0 Å². The molecule has 0 aromatic rings. The highest BCUT2D eigenvalue weighted by atomic mass is 16.7. The lowest BCUT2D eigenvalue weighted by Gasteiger charge is -2.09. The van der Waals surface area contributed by atoms with E-state index in [0.29, 0.717) is 6.79 Å². The van der Waals surface area contributed by atoms with Crippen LogP contribution in [0.2, 0.25) is 0 Å². The van der Waals surface area contributed by atoms with Crippen molar-refractivity contribution in [1.29, 1.82) is 0 Å². The molecule has 0 saturated carbocycles. The number of nitrogens with one attached hydrogen (secondary N) is 1. The molecule has 3 nitrogen and oxygen atoms in total. The lowest BCUT2D eigenvalue weighted by atomic mass is 10.4. The van der Waals surface area contributed by atoms with E-state index in [1.165, 1.54) is 0 Å². The highest BCUT2D eigenvalue weighted by Crippen LogP contribution is 2.07. The molecule has 1 aliphatic heterocycles. The first-order valence-electron chi connectivity index (χ1n) is 2.75. The summed E-state index contributed by atoms with van der Waals surface area (Å²) in [5, 5.41) is 2.97. The van der Waals surface area contributed by atoms with Crippen LogP contribution in [0.4, 0.5) is 0 Å². The van der Waals surface area contributed by atoms with Crippen LogP contribution in [-0.4, -0.2) is 26.2 Å². The van der Waals surface area contributed by atoms with Gasteiger partial charge in [0.15, 0.2) is 0 Å². The Bertz CT molecular complexity index is 76.8. The summed E-state index contributed by atoms with van der Waals surface area (Å²) in [5.41, 5.74) is 0. The van der Waals surface area contributed by atoms with Gasteiger partial charge in [-0.3, -0.25) is 5.32 Å². The summed E-state index contributed by atoms with van der Waals surface area (Å²) >= 11 is 0. The van der Waals surface area contributed by atoms with Gasteiger partial charge in [0.2, 0.25) is 0 Å². The van der Waals surface area contributed by atoms with Crippen molar-refractivity contribution in [3.8, 4) is 0 Å². The van der Waals surface area contributed by atoms with Gasteiger partial charge < -0.3 is 9.47 Å². The standard InChI is InChI=1S/C5H11NO2/c1-4-5(6-2)8-3-7-4/h4-6H,3H2,1-2H3. The van der Waals surface area contributed by atoms with Crippen LogP contribution in [0.1, 0.15) is 6.92 Å². The van der Waals surface area contributed by atoms with Crippen LogP contribution in [0.15, 0.2) is 0 Å². The van der Waals surface area contributed by atoms with Gasteiger partial charge in [-0.05, 0) is 14.0 Å². The smallest absolute Gasteiger partial charge is 0.149 e. The SMILES string of the molecule is CNC1OCOC1C. The third-order valence-electron chi connectivity index (χ3n) is 1.29. The molecule has 8 heavy (non-hydrogen) atoms. The molecule has 0 spiro atoms. The van der Waals surface area contributed by atoms with Crippen molar-refractivity contribution < 1.29 is 9.47 Å². The third kappa shape index (κ3) is 0.992. The maximum Gasteiger partial charge on any atom is 0.149 e. The average Bonchev–Trinajstić information content (AvgIpc) is 2.14. The highest BCUT2D eigenvalue weighted by molar-refractivity contribution is 4.63. The van der Waals surface area contributed by atoms with E-state index in [9.17, 15) is 0 Å². The van der Waals surface area contributed by atoms with E-state index in [1.807, 2.05) is 14.0 Å². The van der Waals surface area contributed by atoms with E-state index in [-0.39, 0.29) is 12.3 Å². The first-order valence-corrected chi connectivity index (χ1v) is 2.75. The molecule has 0 bridgehead atoms. The molecule has 0 aliphatic carbocycles. The molecule has 1 aliphatic rings. The Kier molecular flexibility index (Phi) is 1.83. The van der Waals surface area contributed by atoms with Gasteiger partial charge in [0.05, 0.1) is 6.10 Å². The summed E-state index contributed by atoms with van der Waals surface area (Å²) in [7, 11) is 1.86. The van der Waals surface area contributed by atoms with Crippen molar-refractivity contribution in [1.82, 2.24) is 5.32 Å². The Hall–Kier alpha value is -0.120. The molecule has 2 unspecified atom stereocenters. The Morgan fingerprint density at radius 3 is 2.50 bits per heavy atom. The zero-order valence-electron chi connectivity index (χ0n) is 5.18. The zero-order valence-corrected chi connectivity index (χ0v) is 5.18. The van der Waals surface area contributed by atoms with Gasteiger partial charge in [-0.15, -0.1) is 0 Å².